The van der Waals surface area contributed by atoms with Crippen LogP contribution >= 0.6 is 39.1 Å². The highest BCUT2D eigenvalue weighted by atomic mass is 79.9. The molecule has 1 aromatic carbocycles. The molecule has 1 amide bonds. The van der Waals surface area contributed by atoms with Crippen LogP contribution in [0.2, 0.25) is 10.0 Å². The van der Waals surface area contributed by atoms with Crippen molar-refractivity contribution < 1.29 is 14.3 Å². The lowest BCUT2D eigenvalue weighted by Crippen LogP contribution is -2.35. The van der Waals surface area contributed by atoms with Crippen LogP contribution < -0.4 is 5.32 Å². The lowest BCUT2D eigenvalue weighted by molar-refractivity contribution is -0.145. The average molecular weight is 405 g/mol. The van der Waals surface area contributed by atoms with Gasteiger partial charge in [-0.05, 0) is 46.8 Å². The summed E-state index contributed by atoms with van der Waals surface area (Å²) in [4.78, 5) is 24.6. The monoisotopic (exact) mass is 403 g/mol. The first kappa shape index (κ1) is 14.8. The fraction of sp³-hybridized carbons (Fsp3) is 0.467. The fourth-order valence-corrected chi connectivity index (χ4v) is 5.02. The summed E-state index contributed by atoms with van der Waals surface area (Å²) in [7, 11) is 0. The van der Waals surface area contributed by atoms with Gasteiger partial charge in [-0.2, -0.15) is 0 Å². The standard InChI is InChI=1S/C15H12BrCl2NO3/c16-7-1-2-8(13(18)12(7)17)19-14(20)10-5-3-6-9(4-5)22-15(21)11(6)10/h1-2,5-6,9-11H,3-4H2,(H,19,20)/t5-,6-,9-,10-,11+/m1/s1. The molecule has 116 valence electrons. The van der Waals surface area contributed by atoms with Crippen LogP contribution in [-0.2, 0) is 14.3 Å². The number of carbonyl (C=O) groups is 2. The number of anilines is 1. The lowest BCUT2D eigenvalue weighted by Gasteiger charge is -2.23. The van der Waals surface area contributed by atoms with Gasteiger partial charge in [-0.3, -0.25) is 9.59 Å². The Kier molecular flexibility index (Phi) is 3.44. The van der Waals surface area contributed by atoms with Gasteiger partial charge in [0.05, 0.1) is 27.6 Å². The molecule has 1 aliphatic heterocycles. The Hall–Kier alpha value is -0.780. The van der Waals surface area contributed by atoms with Gasteiger partial charge in [-0.25, -0.2) is 0 Å². The number of hydrogen-bond acceptors (Lipinski definition) is 3. The first-order valence-electron chi connectivity index (χ1n) is 7.12. The van der Waals surface area contributed by atoms with Crippen LogP contribution in [0.1, 0.15) is 12.8 Å². The van der Waals surface area contributed by atoms with Crippen LogP contribution in [0, 0.1) is 23.7 Å². The Labute approximate surface area is 145 Å². The average Bonchev–Trinajstić information content (AvgIpc) is 3.09. The van der Waals surface area contributed by atoms with Gasteiger partial charge in [0.2, 0.25) is 5.91 Å². The van der Waals surface area contributed by atoms with Crippen LogP contribution in [0.3, 0.4) is 0 Å². The maximum Gasteiger partial charge on any atom is 0.310 e. The molecule has 3 fully saturated rings. The number of esters is 1. The maximum absolute atomic E-state index is 12.7. The number of nitrogens with one attached hydrogen (secondary N) is 1. The van der Waals surface area contributed by atoms with E-state index in [0.717, 1.165) is 12.8 Å². The molecule has 5 atom stereocenters. The normalized spacial score (nSPS) is 34.9. The first-order valence-corrected chi connectivity index (χ1v) is 8.67. The third kappa shape index (κ3) is 2.02. The van der Waals surface area contributed by atoms with Crippen molar-refractivity contribution in [2.24, 2.45) is 23.7 Å². The van der Waals surface area contributed by atoms with Gasteiger partial charge in [0.25, 0.3) is 0 Å². The number of ether oxygens (including phenoxy) is 1. The summed E-state index contributed by atoms with van der Waals surface area (Å²) in [6, 6.07) is 3.42. The molecule has 1 N–H and O–H groups in total. The van der Waals surface area contributed by atoms with E-state index >= 15 is 0 Å². The lowest BCUT2D eigenvalue weighted by atomic mass is 9.79. The molecule has 7 heteroatoms. The van der Waals surface area contributed by atoms with Crippen molar-refractivity contribution in [3.8, 4) is 0 Å². The van der Waals surface area contributed by atoms with E-state index in [2.05, 4.69) is 21.2 Å². The third-order valence-electron chi connectivity index (χ3n) is 5.08. The minimum atomic E-state index is -0.324. The van der Waals surface area contributed by atoms with Crippen molar-refractivity contribution in [1.29, 1.82) is 0 Å². The first-order chi connectivity index (χ1) is 10.5. The number of rotatable bonds is 2. The van der Waals surface area contributed by atoms with Gasteiger partial charge >= 0.3 is 5.97 Å². The molecule has 22 heavy (non-hydrogen) atoms. The Balaban J connectivity index is 1.59. The molecule has 4 rings (SSSR count). The van der Waals surface area contributed by atoms with Crippen LogP contribution in [0.4, 0.5) is 5.69 Å². The summed E-state index contributed by atoms with van der Waals surface area (Å²) in [6.45, 7) is 0. The molecule has 2 bridgehead atoms. The van der Waals surface area contributed by atoms with Gasteiger partial charge in [0, 0.05) is 10.4 Å². The smallest absolute Gasteiger partial charge is 0.310 e. The number of hydrogen-bond donors (Lipinski definition) is 1. The van der Waals surface area contributed by atoms with E-state index in [1.165, 1.54) is 0 Å². The van der Waals surface area contributed by atoms with Crippen molar-refractivity contribution in [2.45, 2.75) is 18.9 Å². The van der Waals surface area contributed by atoms with Crippen LogP contribution in [0.5, 0.6) is 0 Å². The predicted octanol–water partition coefficient (Wildman–Crippen LogP) is 3.89. The molecule has 1 aromatic rings. The number of halogens is 3. The molecule has 2 saturated carbocycles. The van der Waals surface area contributed by atoms with Crippen molar-refractivity contribution in [3.63, 3.8) is 0 Å². The van der Waals surface area contributed by atoms with Gasteiger partial charge < -0.3 is 10.1 Å². The number of fused-ring (bicyclic) bond motifs is 1. The molecule has 2 aliphatic carbocycles. The minimum absolute atomic E-state index is 0.0252. The van der Waals surface area contributed by atoms with E-state index < -0.39 is 0 Å². The van der Waals surface area contributed by atoms with Crippen molar-refractivity contribution >= 4 is 56.7 Å². The predicted molar refractivity (Wildman–Crippen MR) is 85.9 cm³/mol. The molecule has 0 aromatic heterocycles. The summed E-state index contributed by atoms with van der Waals surface area (Å²) in [5.41, 5.74) is 0.463. The second-order valence-corrected chi connectivity index (χ2v) is 7.74. The van der Waals surface area contributed by atoms with Crippen molar-refractivity contribution in [3.05, 3.63) is 26.7 Å². The van der Waals surface area contributed by atoms with Gasteiger partial charge in [-0.1, -0.05) is 23.2 Å². The Morgan fingerprint density at radius 3 is 2.82 bits per heavy atom. The zero-order chi connectivity index (χ0) is 15.6. The minimum Gasteiger partial charge on any atom is -0.462 e. The van der Waals surface area contributed by atoms with E-state index in [9.17, 15) is 9.59 Å². The van der Waals surface area contributed by atoms with Gasteiger partial charge in [-0.15, -0.1) is 0 Å². The quantitative estimate of drug-likeness (QED) is 0.600. The van der Waals surface area contributed by atoms with E-state index in [4.69, 9.17) is 27.9 Å². The summed E-state index contributed by atoms with van der Waals surface area (Å²) in [6.07, 6.45) is 1.71. The Morgan fingerprint density at radius 1 is 1.27 bits per heavy atom. The topological polar surface area (TPSA) is 55.4 Å². The van der Waals surface area contributed by atoms with E-state index in [1.54, 1.807) is 12.1 Å². The molecule has 1 heterocycles. The summed E-state index contributed by atoms with van der Waals surface area (Å²) >= 11 is 15.5. The molecule has 0 unspecified atom stereocenters. The van der Waals surface area contributed by atoms with Crippen LogP contribution in [-0.4, -0.2) is 18.0 Å². The third-order valence-corrected chi connectivity index (χ3v) is 6.85. The zero-order valence-electron chi connectivity index (χ0n) is 11.3. The molecule has 0 spiro atoms. The zero-order valence-corrected chi connectivity index (χ0v) is 14.4. The maximum atomic E-state index is 12.7. The van der Waals surface area contributed by atoms with E-state index in [0.29, 0.717) is 20.2 Å². The van der Waals surface area contributed by atoms with Crippen LogP contribution in [0.15, 0.2) is 16.6 Å². The largest absolute Gasteiger partial charge is 0.462 e. The Morgan fingerprint density at radius 2 is 2.05 bits per heavy atom. The van der Waals surface area contributed by atoms with E-state index in [-0.39, 0.29) is 41.7 Å². The Bertz CT molecular complexity index is 694. The van der Waals surface area contributed by atoms with Gasteiger partial charge in [0.1, 0.15) is 6.10 Å². The van der Waals surface area contributed by atoms with Crippen molar-refractivity contribution in [2.75, 3.05) is 5.32 Å². The highest BCUT2D eigenvalue weighted by Crippen LogP contribution is 2.57. The van der Waals surface area contributed by atoms with Crippen LogP contribution in [0.25, 0.3) is 0 Å². The molecular weight excluding hydrogens is 393 g/mol. The number of benzene rings is 1. The summed E-state index contributed by atoms with van der Waals surface area (Å²) < 4.78 is 6.02. The summed E-state index contributed by atoms with van der Waals surface area (Å²) in [5, 5.41) is 3.47. The summed E-state index contributed by atoms with van der Waals surface area (Å²) in [5.74, 6) is -0.596. The highest BCUT2D eigenvalue weighted by molar-refractivity contribution is 9.10. The fourth-order valence-electron chi connectivity index (χ4n) is 4.20. The second kappa shape index (κ2) is 5.11. The number of carbonyl (C=O) groups excluding carboxylic acids is 2. The molecular formula is C15H12BrCl2NO3. The second-order valence-electron chi connectivity index (χ2n) is 6.13. The SMILES string of the molecule is O=C(Nc1ccc(Br)c(Cl)c1Cl)[C@@H]1[C@@H]2C[C@H]3[C@@H]1C(=O)O[C@@H]3C2. The van der Waals surface area contributed by atoms with E-state index in [1.807, 2.05) is 0 Å². The van der Waals surface area contributed by atoms with Gasteiger partial charge in [0.15, 0.2) is 0 Å². The molecule has 4 nitrogen and oxygen atoms in total. The number of amides is 1. The molecule has 1 saturated heterocycles. The molecule has 0 radical (unpaired) electrons. The highest BCUT2D eigenvalue weighted by Gasteiger charge is 2.63. The molecule has 3 aliphatic rings. The van der Waals surface area contributed by atoms with Crippen molar-refractivity contribution in [1.82, 2.24) is 0 Å².